The van der Waals surface area contributed by atoms with Crippen LogP contribution in [0, 0.1) is 13.8 Å². The van der Waals surface area contributed by atoms with E-state index in [-0.39, 0.29) is 24.4 Å². The highest BCUT2D eigenvalue weighted by molar-refractivity contribution is 5.85. The van der Waals surface area contributed by atoms with E-state index < -0.39 is 0 Å². The summed E-state index contributed by atoms with van der Waals surface area (Å²) >= 11 is 0. The second-order valence-electron chi connectivity index (χ2n) is 5.44. The molecule has 1 rings (SSSR count). The zero-order chi connectivity index (χ0) is 15.7. The lowest BCUT2D eigenvalue weighted by Crippen LogP contribution is -2.40. The van der Waals surface area contributed by atoms with Crippen LogP contribution in [0.1, 0.15) is 43.7 Å². The molecule has 1 amide bonds. The third-order valence-electron chi connectivity index (χ3n) is 3.70. The van der Waals surface area contributed by atoms with E-state index in [2.05, 4.69) is 25.2 Å². The number of halogens is 1. The second-order valence-corrected chi connectivity index (χ2v) is 5.44. The van der Waals surface area contributed by atoms with Gasteiger partial charge in [0.25, 0.3) is 0 Å². The SMILES string of the molecule is CCCCC(CN)NC(=O)CCOc1cccc(C)c1C.Cl. The quantitative estimate of drug-likeness (QED) is 0.732. The van der Waals surface area contributed by atoms with E-state index in [4.69, 9.17) is 10.5 Å². The summed E-state index contributed by atoms with van der Waals surface area (Å²) in [6.45, 7) is 7.09. The number of hydrogen-bond acceptors (Lipinski definition) is 3. The first kappa shape index (κ1) is 20.7. The summed E-state index contributed by atoms with van der Waals surface area (Å²) in [4.78, 5) is 11.9. The molecule has 0 spiro atoms. The van der Waals surface area contributed by atoms with Gasteiger partial charge in [-0.15, -0.1) is 12.4 Å². The molecule has 0 bridgehead atoms. The molecule has 1 unspecified atom stereocenters. The number of unbranched alkanes of at least 4 members (excludes halogenated alkanes) is 1. The van der Waals surface area contributed by atoms with Crippen molar-refractivity contribution in [2.24, 2.45) is 5.73 Å². The molecule has 0 saturated carbocycles. The van der Waals surface area contributed by atoms with Crippen molar-refractivity contribution in [1.82, 2.24) is 5.32 Å². The van der Waals surface area contributed by atoms with Crippen LogP contribution in [0.15, 0.2) is 18.2 Å². The van der Waals surface area contributed by atoms with Gasteiger partial charge in [-0.25, -0.2) is 0 Å². The Kier molecular flexibility index (Phi) is 10.7. The van der Waals surface area contributed by atoms with E-state index in [0.717, 1.165) is 30.6 Å². The average Bonchev–Trinajstić information content (AvgIpc) is 2.47. The summed E-state index contributed by atoms with van der Waals surface area (Å²) in [5, 5.41) is 2.97. The molecule has 5 heteroatoms. The molecule has 126 valence electrons. The van der Waals surface area contributed by atoms with Crippen LogP contribution in [0.5, 0.6) is 5.75 Å². The lowest BCUT2D eigenvalue weighted by molar-refractivity contribution is -0.122. The summed E-state index contributed by atoms with van der Waals surface area (Å²) in [7, 11) is 0. The number of rotatable bonds is 9. The number of hydrogen-bond donors (Lipinski definition) is 2. The largest absolute Gasteiger partial charge is 0.493 e. The first-order valence-corrected chi connectivity index (χ1v) is 7.77. The van der Waals surface area contributed by atoms with Gasteiger partial charge in [-0.1, -0.05) is 31.9 Å². The molecule has 1 atom stereocenters. The Labute approximate surface area is 140 Å². The number of amides is 1. The smallest absolute Gasteiger partial charge is 0.223 e. The zero-order valence-electron chi connectivity index (χ0n) is 13.9. The van der Waals surface area contributed by atoms with Crippen LogP contribution in [0.25, 0.3) is 0 Å². The van der Waals surface area contributed by atoms with E-state index >= 15 is 0 Å². The van der Waals surface area contributed by atoms with E-state index in [0.29, 0.717) is 19.6 Å². The van der Waals surface area contributed by atoms with Gasteiger partial charge in [0.15, 0.2) is 0 Å². The summed E-state index contributed by atoms with van der Waals surface area (Å²) < 4.78 is 5.69. The van der Waals surface area contributed by atoms with Gasteiger partial charge in [-0.2, -0.15) is 0 Å². The summed E-state index contributed by atoms with van der Waals surface area (Å²) in [5.41, 5.74) is 7.99. The summed E-state index contributed by atoms with van der Waals surface area (Å²) in [6, 6.07) is 6.03. The highest BCUT2D eigenvalue weighted by Gasteiger charge is 2.10. The molecule has 0 radical (unpaired) electrons. The number of carbonyl (C=O) groups is 1. The van der Waals surface area contributed by atoms with Crippen molar-refractivity contribution >= 4 is 18.3 Å². The minimum Gasteiger partial charge on any atom is -0.493 e. The predicted molar refractivity (Wildman–Crippen MR) is 93.8 cm³/mol. The van der Waals surface area contributed by atoms with Gasteiger partial charge in [0.2, 0.25) is 5.91 Å². The Morgan fingerprint density at radius 3 is 2.73 bits per heavy atom. The molecule has 0 aliphatic rings. The number of aryl methyl sites for hydroxylation is 1. The van der Waals surface area contributed by atoms with Gasteiger partial charge in [0, 0.05) is 12.6 Å². The normalized spacial score (nSPS) is 11.5. The lowest BCUT2D eigenvalue weighted by atomic mass is 10.1. The Balaban J connectivity index is 0.00000441. The van der Waals surface area contributed by atoms with Crippen molar-refractivity contribution in [1.29, 1.82) is 0 Å². The van der Waals surface area contributed by atoms with Crippen LogP contribution in [-0.4, -0.2) is 25.1 Å². The van der Waals surface area contributed by atoms with Crippen molar-refractivity contribution in [2.75, 3.05) is 13.2 Å². The summed E-state index contributed by atoms with van der Waals surface area (Å²) in [5.74, 6) is 0.857. The standard InChI is InChI=1S/C17H28N2O2.ClH/c1-4-5-8-15(12-18)19-17(20)10-11-21-16-9-6-7-13(2)14(16)3;/h6-7,9,15H,4-5,8,10-12,18H2,1-3H3,(H,19,20);1H. The Morgan fingerprint density at radius 1 is 1.36 bits per heavy atom. The predicted octanol–water partition coefficient (Wildman–Crippen LogP) is 3.13. The first-order chi connectivity index (χ1) is 10.1. The van der Waals surface area contributed by atoms with E-state index in [1.54, 1.807) is 0 Å². The number of carbonyl (C=O) groups excluding carboxylic acids is 1. The third-order valence-corrected chi connectivity index (χ3v) is 3.70. The molecular formula is C17H29ClN2O2. The molecule has 0 aliphatic heterocycles. The Bertz CT molecular complexity index is 452. The second kappa shape index (κ2) is 11.3. The maximum absolute atomic E-state index is 11.9. The van der Waals surface area contributed by atoms with Gasteiger partial charge in [-0.05, 0) is 37.5 Å². The van der Waals surface area contributed by atoms with Gasteiger partial charge in [-0.3, -0.25) is 4.79 Å². The number of nitrogens with one attached hydrogen (secondary N) is 1. The van der Waals surface area contributed by atoms with Crippen LogP contribution in [0.3, 0.4) is 0 Å². The minimum absolute atomic E-state index is 0. The van der Waals surface area contributed by atoms with Gasteiger partial charge in [0.05, 0.1) is 13.0 Å². The molecule has 0 saturated heterocycles. The molecule has 0 aliphatic carbocycles. The molecule has 0 heterocycles. The fraction of sp³-hybridized carbons (Fsp3) is 0.588. The average molecular weight is 329 g/mol. The molecule has 4 nitrogen and oxygen atoms in total. The monoisotopic (exact) mass is 328 g/mol. The highest BCUT2D eigenvalue weighted by atomic mass is 35.5. The Hall–Kier alpha value is -1.26. The Morgan fingerprint density at radius 2 is 2.09 bits per heavy atom. The maximum Gasteiger partial charge on any atom is 0.223 e. The van der Waals surface area contributed by atoms with Crippen LogP contribution < -0.4 is 15.8 Å². The fourth-order valence-corrected chi connectivity index (χ4v) is 2.13. The van der Waals surface area contributed by atoms with Crippen LogP contribution in [-0.2, 0) is 4.79 Å². The van der Waals surface area contributed by atoms with Crippen LogP contribution >= 0.6 is 12.4 Å². The van der Waals surface area contributed by atoms with Crippen LogP contribution in [0.2, 0.25) is 0 Å². The summed E-state index contributed by atoms with van der Waals surface area (Å²) in [6.07, 6.45) is 3.50. The van der Waals surface area contributed by atoms with E-state index in [1.165, 1.54) is 5.56 Å². The molecular weight excluding hydrogens is 300 g/mol. The topological polar surface area (TPSA) is 64.3 Å². The van der Waals surface area contributed by atoms with Gasteiger partial charge >= 0.3 is 0 Å². The fourth-order valence-electron chi connectivity index (χ4n) is 2.13. The number of ether oxygens (including phenoxy) is 1. The number of benzene rings is 1. The van der Waals surface area contributed by atoms with Crippen molar-refractivity contribution < 1.29 is 9.53 Å². The van der Waals surface area contributed by atoms with Crippen molar-refractivity contribution in [3.63, 3.8) is 0 Å². The van der Waals surface area contributed by atoms with Crippen molar-refractivity contribution in [2.45, 2.75) is 52.5 Å². The lowest BCUT2D eigenvalue weighted by Gasteiger charge is -2.17. The molecule has 0 fully saturated rings. The molecule has 22 heavy (non-hydrogen) atoms. The highest BCUT2D eigenvalue weighted by Crippen LogP contribution is 2.20. The van der Waals surface area contributed by atoms with E-state index in [9.17, 15) is 4.79 Å². The van der Waals surface area contributed by atoms with Crippen molar-refractivity contribution in [3.8, 4) is 5.75 Å². The molecule has 0 aromatic heterocycles. The van der Waals surface area contributed by atoms with E-state index in [1.807, 2.05) is 19.1 Å². The molecule has 1 aromatic rings. The molecule has 1 aromatic carbocycles. The number of nitrogens with two attached hydrogens (primary N) is 1. The van der Waals surface area contributed by atoms with Crippen molar-refractivity contribution in [3.05, 3.63) is 29.3 Å². The van der Waals surface area contributed by atoms with Gasteiger partial charge in [0.1, 0.15) is 5.75 Å². The minimum atomic E-state index is 0. The van der Waals surface area contributed by atoms with Crippen LogP contribution in [0.4, 0.5) is 0 Å². The zero-order valence-corrected chi connectivity index (χ0v) is 14.7. The molecule has 3 N–H and O–H groups in total. The van der Waals surface area contributed by atoms with Gasteiger partial charge < -0.3 is 15.8 Å². The maximum atomic E-state index is 11.9. The first-order valence-electron chi connectivity index (χ1n) is 7.77. The third kappa shape index (κ3) is 7.14.